The molecule has 2 aromatic heterocycles. The molecule has 3 aromatic rings. The molecule has 2 heterocycles. The summed E-state index contributed by atoms with van der Waals surface area (Å²) in [5.74, 6) is 1.28. The molecule has 1 fully saturated rings. The Balaban J connectivity index is 1.61. The molecule has 1 saturated carbocycles. The number of nitrogens with one attached hydrogen (secondary N) is 3. The molecule has 0 bridgehead atoms. The van der Waals surface area contributed by atoms with E-state index in [-0.39, 0.29) is 11.7 Å². The van der Waals surface area contributed by atoms with E-state index in [1.807, 2.05) is 0 Å². The van der Waals surface area contributed by atoms with Crippen molar-refractivity contribution in [3.05, 3.63) is 41.3 Å². The van der Waals surface area contributed by atoms with Gasteiger partial charge in [-0.25, -0.2) is 9.37 Å². The van der Waals surface area contributed by atoms with Crippen molar-refractivity contribution < 1.29 is 4.39 Å². The summed E-state index contributed by atoms with van der Waals surface area (Å²) in [4.78, 5) is 9.46. The maximum atomic E-state index is 13.2. The summed E-state index contributed by atoms with van der Waals surface area (Å²) in [7, 11) is 0. The molecule has 7 nitrogen and oxygen atoms in total. The van der Waals surface area contributed by atoms with E-state index in [1.54, 1.807) is 12.1 Å². The van der Waals surface area contributed by atoms with Crippen molar-refractivity contribution >= 4 is 22.8 Å². The number of aromatic nitrogens is 4. The maximum Gasteiger partial charge on any atom is 0.225 e. The highest BCUT2D eigenvalue weighted by Crippen LogP contribution is 2.28. The number of rotatable bonds is 6. The second-order valence-corrected chi connectivity index (χ2v) is 8.12. The van der Waals surface area contributed by atoms with Gasteiger partial charge in [-0.05, 0) is 49.3 Å². The van der Waals surface area contributed by atoms with Crippen molar-refractivity contribution in [1.82, 2.24) is 20.2 Å². The smallest absolute Gasteiger partial charge is 0.225 e. The van der Waals surface area contributed by atoms with Crippen LogP contribution in [0.15, 0.2) is 24.3 Å². The summed E-state index contributed by atoms with van der Waals surface area (Å²) in [5.41, 5.74) is 9.52. The quantitative estimate of drug-likeness (QED) is 0.503. The van der Waals surface area contributed by atoms with Crippen LogP contribution < -0.4 is 16.4 Å². The molecule has 0 aliphatic heterocycles. The molecule has 5 N–H and O–H groups in total. The van der Waals surface area contributed by atoms with Gasteiger partial charge in [0.2, 0.25) is 5.95 Å². The van der Waals surface area contributed by atoms with Crippen LogP contribution in [0.25, 0.3) is 11.0 Å². The van der Waals surface area contributed by atoms with Gasteiger partial charge in [0.05, 0.1) is 5.69 Å². The zero-order valence-electron chi connectivity index (χ0n) is 16.9. The Labute approximate surface area is 169 Å². The molecule has 0 atom stereocenters. The van der Waals surface area contributed by atoms with Crippen molar-refractivity contribution in [3.8, 4) is 0 Å². The molecule has 0 radical (unpaired) electrons. The number of hydrogen-bond acceptors (Lipinski definition) is 6. The molecule has 0 amide bonds. The average Bonchev–Trinajstić information content (AvgIpc) is 3.13. The Hall–Kier alpha value is -2.74. The van der Waals surface area contributed by atoms with E-state index in [2.05, 4.69) is 34.7 Å². The van der Waals surface area contributed by atoms with Crippen LogP contribution in [0.5, 0.6) is 0 Å². The first-order valence-corrected chi connectivity index (χ1v) is 10.3. The number of aromatic amines is 1. The zero-order valence-corrected chi connectivity index (χ0v) is 16.9. The molecule has 0 unspecified atom stereocenters. The van der Waals surface area contributed by atoms with Gasteiger partial charge in [0.25, 0.3) is 0 Å². The highest BCUT2D eigenvalue weighted by molar-refractivity contribution is 5.88. The van der Waals surface area contributed by atoms with Gasteiger partial charge >= 0.3 is 0 Å². The number of anilines is 2. The van der Waals surface area contributed by atoms with E-state index in [0.29, 0.717) is 35.9 Å². The second-order valence-electron chi connectivity index (χ2n) is 8.12. The lowest BCUT2D eigenvalue weighted by atomic mass is 9.92. The summed E-state index contributed by atoms with van der Waals surface area (Å²) < 4.78 is 13.2. The fourth-order valence-corrected chi connectivity index (χ4v) is 3.74. The Morgan fingerprint density at radius 2 is 1.83 bits per heavy atom. The molecule has 154 valence electrons. The molecular weight excluding hydrogens is 369 g/mol. The molecule has 29 heavy (non-hydrogen) atoms. The van der Waals surface area contributed by atoms with Gasteiger partial charge in [-0.15, -0.1) is 0 Å². The van der Waals surface area contributed by atoms with Crippen LogP contribution in [0.1, 0.15) is 56.7 Å². The van der Waals surface area contributed by atoms with Gasteiger partial charge in [0.15, 0.2) is 11.3 Å². The van der Waals surface area contributed by atoms with Crippen molar-refractivity contribution in [2.75, 3.05) is 10.6 Å². The van der Waals surface area contributed by atoms with Gasteiger partial charge in [0, 0.05) is 18.6 Å². The highest BCUT2D eigenvalue weighted by Gasteiger charge is 2.21. The predicted octanol–water partition coefficient (Wildman–Crippen LogP) is 3.91. The lowest BCUT2D eigenvalue weighted by molar-refractivity contribution is 0.410. The van der Waals surface area contributed by atoms with Crippen molar-refractivity contribution in [2.45, 2.75) is 64.1 Å². The van der Waals surface area contributed by atoms with Crippen molar-refractivity contribution in [3.63, 3.8) is 0 Å². The third-order valence-corrected chi connectivity index (χ3v) is 5.48. The average molecular weight is 398 g/mol. The van der Waals surface area contributed by atoms with Crippen LogP contribution >= 0.6 is 0 Å². The van der Waals surface area contributed by atoms with Crippen LogP contribution in [-0.2, 0) is 6.54 Å². The monoisotopic (exact) mass is 397 g/mol. The normalized spacial score (nSPS) is 19.6. The number of H-pyrrole nitrogens is 1. The van der Waals surface area contributed by atoms with Crippen molar-refractivity contribution in [1.29, 1.82) is 0 Å². The number of nitrogens with two attached hydrogens (primary N) is 1. The molecule has 4 rings (SSSR count). The first kappa shape index (κ1) is 19.6. The van der Waals surface area contributed by atoms with Crippen molar-refractivity contribution in [2.24, 2.45) is 5.73 Å². The van der Waals surface area contributed by atoms with E-state index < -0.39 is 0 Å². The summed E-state index contributed by atoms with van der Waals surface area (Å²) in [6, 6.07) is 7.06. The number of hydrogen-bond donors (Lipinski definition) is 4. The van der Waals surface area contributed by atoms with Gasteiger partial charge < -0.3 is 16.4 Å². The third kappa shape index (κ3) is 4.48. The van der Waals surface area contributed by atoms with E-state index in [1.165, 1.54) is 12.1 Å². The molecule has 0 spiro atoms. The van der Waals surface area contributed by atoms with E-state index in [9.17, 15) is 4.39 Å². The van der Waals surface area contributed by atoms with Crippen LogP contribution in [0.4, 0.5) is 16.2 Å². The lowest BCUT2D eigenvalue weighted by Crippen LogP contribution is -2.33. The van der Waals surface area contributed by atoms with Crippen LogP contribution in [-0.4, -0.2) is 32.2 Å². The Morgan fingerprint density at radius 1 is 1.10 bits per heavy atom. The first-order chi connectivity index (χ1) is 14.0. The minimum absolute atomic E-state index is 0.245. The third-order valence-electron chi connectivity index (χ3n) is 5.48. The summed E-state index contributed by atoms with van der Waals surface area (Å²) in [6.45, 7) is 4.74. The standard InChI is InChI=1S/C21H28FN7/c1-12(2)17-18-19(29-28-17)20(24-11-13-3-5-14(22)6-4-13)27-21(26-18)25-16-9-7-15(23)8-10-16/h3-6,12,15-16H,7-11,23H2,1-2H3,(H,28,29)(H2,24,25,26,27). The second kappa shape index (κ2) is 8.32. The number of fused-ring (bicyclic) bond motifs is 1. The lowest BCUT2D eigenvalue weighted by Gasteiger charge is -2.26. The fraction of sp³-hybridized carbons (Fsp3) is 0.476. The minimum atomic E-state index is -0.245. The first-order valence-electron chi connectivity index (χ1n) is 10.3. The van der Waals surface area contributed by atoms with Crippen LogP contribution in [0.3, 0.4) is 0 Å². The minimum Gasteiger partial charge on any atom is -0.364 e. The molecule has 8 heteroatoms. The SMILES string of the molecule is CC(C)c1[nH]nc2c(NCc3ccc(F)cc3)nc(NC3CCC(N)CC3)nc12. The summed E-state index contributed by atoms with van der Waals surface area (Å²) in [5, 5.41) is 14.4. The van der Waals surface area contributed by atoms with Gasteiger partial charge in [0.1, 0.15) is 11.3 Å². The van der Waals surface area contributed by atoms with E-state index in [4.69, 9.17) is 15.7 Å². The number of halogens is 1. The zero-order chi connectivity index (χ0) is 20.4. The summed E-state index contributed by atoms with van der Waals surface area (Å²) >= 11 is 0. The topological polar surface area (TPSA) is 105 Å². The number of nitrogens with zero attached hydrogens (tertiary/aromatic N) is 3. The van der Waals surface area contributed by atoms with Crippen LogP contribution in [0, 0.1) is 5.82 Å². The fourth-order valence-electron chi connectivity index (χ4n) is 3.74. The summed E-state index contributed by atoms with van der Waals surface area (Å²) in [6.07, 6.45) is 4.06. The Bertz CT molecular complexity index is 959. The molecule has 1 aliphatic carbocycles. The molecular formula is C21H28FN7. The highest BCUT2D eigenvalue weighted by atomic mass is 19.1. The molecule has 1 aromatic carbocycles. The van der Waals surface area contributed by atoms with Gasteiger partial charge in [-0.3, -0.25) is 5.10 Å². The van der Waals surface area contributed by atoms with Crippen LogP contribution in [0.2, 0.25) is 0 Å². The Morgan fingerprint density at radius 3 is 2.52 bits per heavy atom. The number of benzene rings is 1. The Kier molecular flexibility index (Phi) is 5.62. The maximum absolute atomic E-state index is 13.2. The van der Waals surface area contributed by atoms with Gasteiger partial charge in [-0.1, -0.05) is 26.0 Å². The predicted molar refractivity (Wildman–Crippen MR) is 113 cm³/mol. The molecule has 0 saturated heterocycles. The van der Waals surface area contributed by atoms with Gasteiger partial charge in [-0.2, -0.15) is 10.1 Å². The van der Waals surface area contributed by atoms with E-state index in [0.717, 1.165) is 42.5 Å². The largest absolute Gasteiger partial charge is 0.364 e. The molecule has 1 aliphatic rings. The van der Waals surface area contributed by atoms with E-state index >= 15 is 0 Å².